The van der Waals surface area contributed by atoms with Crippen LogP contribution in [-0.2, 0) is 10.0 Å². The molecule has 1 saturated heterocycles. The van der Waals surface area contributed by atoms with Gasteiger partial charge in [-0.15, -0.1) is 0 Å². The minimum Gasteiger partial charge on any atom is -0.367 e. The van der Waals surface area contributed by atoms with Gasteiger partial charge in [0.2, 0.25) is 10.0 Å². The molecule has 180 valence electrons. The highest BCUT2D eigenvalue weighted by molar-refractivity contribution is 7.89. The number of aromatic nitrogens is 2. The minimum atomic E-state index is -3.44. The maximum Gasteiger partial charge on any atom is 0.281 e. The number of hydrogen-bond donors (Lipinski definition) is 0. The Balaban J connectivity index is 1.81. The molecule has 0 spiro atoms. The first-order valence-electron chi connectivity index (χ1n) is 10.7. The Labute approximate surface area is 195 Å². The second-order valence-electron chi connectivity index (χ2n) is 8.24. The SMILES string of the molecule is CC(C)S(=O)(=O)N1CCN(c2cnn(-c3cccc(F)c3)c(=O)c2-c2cc(F)cc(F)c2)CC1. The number of benzene rings is 2. The number of hydrogen-bond acceptors (Lipinski definition) is 5. The summed E-state index contributed by atoms with van der Waals surface area (Å²) in [6, 6.07) is 8.03. The van der Waals surface area contributed by atoms with Crippen LogP contribution >= 0.6 is 0 Å². The van der Waals surface area contributed by atoms with Gasteiger partial charge in [-0.2, -0.15) is 14.1 Å². The average Bonchev–Trinajstić information content (AvgIpc) is 2.78. The minimum absolute atomic E-state index is 0.00212. The number of halogens is 3. The van der Waals surface area contributed by atoms with E-state index in [2.05, 4.69) is 5.10 Å². The fraction of sp³-hybridized carbons (Fsp3) is 0.304. The van der Waals surface area contributed by atoms with Crippen LogP contribution in [0.2, 0.25) is 0 Å². The zero-order chi connectivity index (χ0) is 24.6. The van der Waals surface area contributed by atoms with E-state index >= 15 is 0 Å². The molecule has 3 aromatic rings. The highest BCUT2D eigenvalue weighted by Crippen LogP contribution is 2.30. The maximum absolute atomic E-state index is 14.1. The van der Waals surface area contributed by atoms with Crippen LogP contribution in [0.25, 0.3) is 16.8 Å². The van der Waals surface area contributed by atoms with Crippen LogP contribution < -0.4 is 10.5 Å². The van der Waals surface area contributed by atoms with Gasteiger partial charge >= 0.3 is 0 Å². The molecule has 0 bridgehead atoms. The Morgan fingerprint density at radius 2 is 1.56 bits per heavy atom. The van der Waals surface area contributed by atoms with Crippen LogP contribution in [0.1, 0.15) is 13.8 Å². The third-order valence-electron chi connectivity index (χ3n) is 5.70. The molecule has 1 fully saturated rings. The van der Waals surface area contributed by atoms with E-state index in [1.54, 1.807) is 18.7 Å². The fourth-order valence-electron chi connectivity index (χ4n) is 3.93. The normalized spacial score (nSPS) is 15.2. The van der Waals surface area contributed by atoms with Crippen molar-refractivity contribution in [2.45, 2.75) is 19.1 Å². The van der Waals surface area contributed by atoms with Gasteiger partial charge in [-0.3, -0.25) is 4.79 Å². The van der Waals surface area contributed by atoms with Gasteiger partial charge in [-0.1, -0.05) is 6.07 Å². The molecule has 7 nitrogen and oxygen atoms in total. The molecule has 0 aliphatic carbocycles. The van der Waals surface area contributed by atoms with Gasteiger partial charge in [-0.05, 0) is 49.7 Å². The van der Waals surface area contributed by atoms with Gasteiger partial charge in [-0.25, -0.2) is 21.6 Å². The molecule has 34 heavy (non-hydrogen) atoms. The maximum atomic E-state index is 14.1. The molecule has 2 heterocycles. The molecular formula is C23H23F3N4O3S. The summed E-state index contributed by atoms with van der Waals surface area (Å²) in [6.07, 6.45) is 1.37. The zero-order valence-corrected chi connectivity index (χ0v) is 19.4. The summed E-state index contributed by atoms with van der Waals surface area (Å²) >= 11 is 0. The van der Waals surface area contributed by atoms with Crippen LogP contribution in [0, 0.1) is 17.5 Å². The molecule has 0 radical (unpaired) electrons. The number of anilines is 1. The molecule has 0 atom stereocenters. The Hall–Kier alpha value is -3.18. The molecule has 4 rings (SSSR count). The van der Waals surface area contributed by atoms with E-state index in [0.717, 1.165) is 22.9 Å². The van der Waals surface area contributed by atoms with Crippen molar-refractivity contribution in [3.63, 3.8) is 0 Å². The molecule has 1 aliphatic heterocycles. The summed E-state index contributed by atoms with van der Waals surface area (Å²) in [5.41, 5.74) is -0.239. The Bertz CT molecular complexity index is 1360. The van der Waals surface area contributed by atoms with Gasteiger partial charge in [0.1, 0.15) is 17.5 Å². The summed E-state index contributed by atoms with van der Waals surface area (Å²) in [7, 11) is -3.44. The molecule has 0 N–H and O–H groups in total. The van der Waals surface area contributed by atoms with Crippen molar-refractivity contribution in [2.75, 3.05) is 31.1 Å². The van der Waals surface area contributed by atoms with Crippen LogP contribution in [0.5, 0.6) is 0 Å². The van der Waals surface area contributed by atoms with E-state index < -0.39 is 38.3 Å². The van der Waals surface area contributed by atoms with E-state index in [1.807, 2.05) is 0 Å². The zero-order valence-electron chi connectivity index (χ0n) is 18.6. The van der Waals surface area contributed by atoms with E-state index in [-0.39, 0.29) is 43.0 Å². The highest BCUT2D eigenvalue weighted by atomic mass is 32.2. The van der Waals surface area contributed by atoms with E-state index in [9.17, 15) is 26.4 Å². The average molecular weight is 493 g/mol. The van der Waals surface area contributed by atoms with Crippen molar-refractivity contribution in [1.82, 2.24) is 14.1 Å². The van der Waals surface area contributed by atoms with Crippen molar-refractivity contribution in [3.8, 4) is 16.8 Å². The lowest BCUT2D eigenvalue weighted by Gasteiger charge is -2.36. The predicted molar refractivity (Wildman–Crippen MR) is 123 cm³/mol. The topological polar surface area (TPSA) is 75.5 Å². The van der Waals surface area contributed by atoms with Crippen LogP contribution in [-0.4, -0.2) is 53.9 Å². The lowest BCUT2D eigenvalue weighted by molar-refractivity contribution is 0.381. The first-order chi connectivity index (χ1) is 16.1. The first kappa shape index (κ1) is 24.0. The van der Waals surface area contributed by atoms with Gasteiger partial charge in [0.15, 0.2) is 0 Å². The molecule has 1 aliphatic rings. The second kappa shape index (κ2) is 9.22. The van der Waals surface area contributed by atoms with E-state index in [0.29, 0.717) is 11.8 Å². The fourth-order valence-corrected chi connectivity index (χ4v) is 5.20. The van der Waals surface area contributed by atoms with Crippen molar-refractivity contribution < 1.29 is 21.6 Å². The molecule has 0 amide bonds. The predicted octanol–water partition coefficient (Wildman–Crippen LogP) is 3.18. The first-order valence-corrected chi connectivity index (χ1v) is 12.2. The lowest BCUT2D eigenvalue weighted by atomic mass is 10.0. The summed E-state index contributed by atoms with van der Waals surface area (Å²) in [5, 5.41) is 3.60. The van der Waals surface area contributed by atoms with Crippen molar-refractivity contribution in [1.29, 1.82) is 0 Å². The summed E-state index contributed by atoms with van der Waals surface area (Å²) in [6.45, 7) is 4.08. The Kier molecular flexibility index (Phi) is 6.50. The number of sulfonamides is 1. The Morgan fingerprint density at radius 3 is 2.15 bits per heavy atom. The Morgan fingerprint density at radius 1 is 0.912 bits per heavy atom. The third kappa shape index (κ3) is 4.58. The van der Waals surface area contributed by atoms with Crippen molar-refractivity contribution in [3.05, 3.63) is 76.5 Å². The molecule has 11 heteroatoms. The van der Waals surface area contributed by atoms with Gasteiger partial charge in [0.05, 0.1) is 28.4 Å². The van der Waals surface area contributed by atoms with Crippen molar-refractivity contribution in [2.24, 2.45) is 0 Å². The van der Waals surface area contributed by atoms with Crippen LogP contribution in [0.3, 0.4) is 0 Å². The van der Waals surface area contributed by atoms with E-state index in [4.69, 9.17) is 0 Å². The third-order valence-corrected chi connectivity index (χ3v) is 7.97. The molecule has 1 aromatic heterocycles. The van der Waals surface area contributed by atoms with E-state index in [1.165, 1.54) is 28.7 Å². The largest absolute Gasteiger partial charge is 0.367 e. The van der Waals surface area contributed by atoms with Crippen molar-refractivity contribution >= 4 is 15.7 Å². The summed E-state index contributed by atoms with van der Waals surface area (Å²) in [5.74, 6) is -2.29. The summed E-state index contributed by atoms with van der Waals surface area (Å²) < 4.78 is 69.2. The lowest BCUT2D eigenvalue weighted by Crippen LogP contribution is -2.50. The van der Waals surface area contributed by atoms with Gasteiger partial charge in [0.25, 0.3) is 5.56 Å². The van der Waals surface area contributed by atoms with Crippen LogP contribution in [0.4, 0.5) is 18.9 Å². The summed E-state index contributed by atoms with van der Waals surface area (Å²) in [4.78, 5) is 15.2. The molecule has 0 unspecified atom stereocenters. The van der Waals surface area contributed by atoms with Crippen LogP contribution in [0.15, 0.2) is 53.5 Å². The number of rotatable bonds is 5. The van der Waals surface area contributed by atoms with Gasteiger partial charge in [0, 0.05) is 32.2 Å². The standard InChI is InChI=1S/C23H23F3N4O3S/c1-15(2)34(32,33)29-8-6-28(7-9-29)21-14-27-30(20-5-3-4-17(24)13-20)23(31)22(21)16-10-18(25)12-19(26)11-16/h3-5,10-15H,6-9H2,1-2H3. The van der Waals surface area contributed by atoms with Gasteiger partial charge < -0.3 is 4.90 Å². The number of piperazine rings is 1. The molecular weight excluding hydrogens is 469 g/mol. The monoisotopic (exact) mass is 492 g/mol. The molecule has 2 aromatic carbocycles. The second-order valence-corrected chi connectivity index (χ2v) is 10.7. The number of nitrogens with zero attached hydrogens (tertiary/aromatic N) is 4. The molecule has 0 saturated carbocycles. The quantitative estimate of drug-likeness (QED) is 0.547. The smallest absolute Gasteiger partial charge is 0.281 e. The highest BCUT2D eigenvalue weighted by Gasteiger charge is 2.31.